The summed E-state index contributed by atoms with van der Waals surface area (Å²) in [4.78, 5) is 5.94. The number of benzene rings is 1. The molecule has 0 saturated heterocycles. The summed E-state index contributed by atoms with van der Waals surface area (Å²) in [5, 5.41) is 10.0. The molecule has 1 aromatic carbocycles. The van der Waals surface area contributed by atoms with E-state index < -0.39 is 5.82 Å². The first-order valence-corrected chi connectivity index (χ1v) is 6.65. The molecule has 2 aromatic rings. The fourth-order valence-corrected chi connectivity index (χ4v) is 2.41. The van der Waals surface area contributed by atoms with Crippen molar-refractivity contribution < 1.29 is 9.50 Å². The summed E-state index contributed by atoms with van der Waals surface area (Å²) in [6.45, 7) is 1.72. The minimum absolute atomic E-state index is 0.0491. The Morgan fingerprint density at radius 1 is 1.40 bits per heavy atom. The topological polar surface area (TPSA) is 36.4 Å². The third-order valence-electron chi connectivity index (χ3n) is 3.35. The van der Waals surface area contributed by atoms with Crippen LogP contribution in [0.1, 0.15) is 24.1 Å². The predicted molar refractivity (Wildman–Crippen MR) is 78.4 cm³/mol. The van der Waals surface area contributed by atoms with Gasteiger partial charge in [0, 0.05) is 17.6 Å². The van der Waals surface area contributed by atoms with E-state index in [-0.39, 0.29) is 12.6 Å². The number of aliphatic hydroxyl groups is 1. The van der Waals surface area contributed by atoms with Crippen molar-refractivity contribution in [3.63, 3.8) is 0 Å². The van der Waals surface area contributed by atoms with Crippen LogP contribution < -0.4 is 4.90 Å². The number of hydrogen-bond donors (Lipinski definition) is 1. The van der Waals surface area contributed by atoms with Crippen molar-refractivity contribution in [1.82, 2.24) is 4.98 Å². The number of nitrogens with zero attached hydrogens (tertiary/aromatic N) is 2. The van der Waals surface area contributed by atoms with Gasteiger partial charge in [0.2, 0.25) is 0 Å². The van der Waals surface area contributed by atoms with E-state index in [4.69, 9.17) is 11.6 Å². The number of pyridine rings is 1. The first-order chi connectivity index (χ1) is 9.54. The van der Waals surface area contributed by atoms with Crippen molar-refractivity contribution in [2.45, 2.75) is 19.6 Å². The molecule has 0 aliphatic heterocycles. The molecule has 1 N–H and O–H groups in total. The van der Waals surface area contributed by atoms with Crippen LogP contribution in [0.5, 0.6) is 0 Å². The highest BCUT2D eigenvalue weighted by atomic mass is 35.5. The molecule has 1 heterocycles. The molecule has 0 radical (unpaired) electrons. The van der Waals surface area contributed by atoms with Gasteiger partial charge in [0.15, 0.2) is 0 Å². The predicted octanol–water partition coefficient (Wildman–Crippen LogP) is 3.56. The van der Waals surface area contributed by atoms with Crippen molar-refractivity contribution in [1.29, 1.82) is 0 Å². The van der Waals surface area contributed by atoms with Gasteiger partial charge >= 0.3 is 0 Å². The third-order valence-corrected chi connectivity index (χ3v) is 3.69. The largest absolute Gasteiger partial charge is 0.392 e. The number of anilines is 1. The van der Waals surface area contributed by atoms with Gasteiger partial charge in [-0.1, -0.05) is 29.8 Å². The van der Waals surface area contributed by atoms with Crippen LogP contribution in [0.2, 0.25) is 5.02 Å². The maximum atomic E-state index is 13.2. The summed E-state index contributed by atoms with van der Waals surface area (Å²) < 4.78 is 13.2. The van der Waals surface area contributed by atoms with Gasteiger partial charge in [0.05, 0.1) is 18.8 Å². The van der Waals surface area contributed by atoms with Crippen molar-refractivity contribution >= 4 is 17.4 Å². The van der Waals surface area contributed by atoms with E-state index in [1.165, 1.54) is 6.07 Å². The molecule has 0 bridgehead atoms. The molecule has 0 saturated carbocycles. The number of aliphatic hydroxyl groups excluding tert-OH is 1. The van der Waals surface area contributed by atoms with E-state index in [0.717, 1.165) is 11.8 Å². The molecule has 20 heavy (non-hydrogen) atoms. The summed E-state index contributed by atoms with van der Waals surface area (Å²) in [5.41, 5.74) is 1.40. The Hall–Kier alpha value is -1.65. The molecular weight excluding hydrogens is 279 g/mol. The summed E-state index contributed by atoms with van der Waals surface area (Å²) in [6.07, 6.45) is 1.14. The highest BCUT2D eigenvalue weighted by molar-refractivity contribution is 6.31. The molecule has 0 aliphatic carbocycles. The SMILES string of the molecule is CC(c1ccccc1Cl)N(C)c1ncc(F)cc1CO. The van der Waals surface area contributed by atoms with Gasteiger partial charge in [-0.05, 0) is 24.6 Å². The van der Waals surface area contributed by atoms with Gasteiger partial charge in [-0.25, -0.2) is 9.37 Å². The van der Waals surface area contributed by atoms with Gasteiger partial charge in [-0.2, -0.15) is 0 Å². The molecule has 0 spiro atoms. The number of halogens is 2. The highest BCUT2D eigenvalue weighted by Gasteiger charge is 2.18. The maximum Gasteiger partial charge on any atom is 0.142 e. The van der Waals surface area contributed by atoms with Crippen molar-refractivity contribution in [2.24, 2.45) is 0 Å². The molecule has 106 valence electrons. The van der Waals surface area contributed by atoms with E-state index >= 15 is 0 Å². The van der Waals surface area contributed by atoms with Gasteiger partial charge in [0.1, 0.15) is 11.6 Å². The second kappa shape index (κ2) is 6.20. The Kier molecular flexibility index (Phi) is 4.57. The Bertz CT molecular complexity index is 606. The zero-order valence-electron chi connectivity index (χ0n) is 11.3. The van der Waals surface area contributed by atoms with Crippen molar-refractivity contribution in [3.8, 4) is 0 Å². The van der Waals surface area contributed by atoms with E-state index in [0.29, 0.717) is 16.4 Å². The average Bonchev–Trinajstić information content (AvgIpc) is 2.46. The minimum atomic E-state index is -0.461. The van der Waals surface area contributed by atoms with E-state index in [1.807, 2.05) is 43.1 Å². The summed E-state index contributed by atoms with van der Waals surface area (Å²) in [5.74, 6) is 0.0814. The second-order valence-corrected chi connectivity index (χ2v) is 5.01. The molecule has 5 heteroatoms. The smallest absolute Gasteiger partial charge is 0.142 e. The van der Waals surface area contributed by atoms with Gasteiger partial charge in [-0.15, -0.1) is 0 Å². The van der Waals surface area contributed by atoms with Crippen molar-refractivity contribution in [3.05, 3.63) is 58.5 Å². The van der Waals surface area contributed by atoms with Crippen LogP contribution in [0.4, 0.5) is 10.2 Å². The zero-order valence-corrected chi connectivity index (χ0v) is 12.1. The normalized spacial score (nSPS) is 12.2. The molecule has 3 nitrogen and oxygen atoms in total. The molecule has 0 aliphatic rings. The lowest BCUT2D eigenvalue weighted by molar-refractivity contribution is 0.281. The van der Waals surface area contributed by atoms with Crippen LogP contribution >= 0.6 is 11.6 Å². The fourth-order valence-electron chi connectivity index (χ4n) is 2.11. The molecule has 0 amide bonds. The monoisotopic (exact) mass is 294 g/mol. The van der Waals surface area contributed by atoms with Crippen LogP contribution in [0.3, 0.4) is 0 Å². The van der Waals surface area contributed by atoms with Gasteiger partial charge in [-0.3, -0.25) is 0 Å². The first kappa shape index (κ1) is 14.8. The molecule has 1 atom stereocenters. The van der Waals surface area contributed by atoms with Crippen LogP contribution in [0, 0.1) is 5.82 Å². The molecule has 0 fully saturated rings. The van der Waals surface area contributed by atoms with Crippen LogP contribution in [0.15, 0.2) is 36.5 Å². The second-order valence-electron chi connectivity index (χ2n) is 4.60. The van der Waals surface area contributed by atoms with Crippen LogP contribution in [-0.2, 0) is 6.61 Å². The average molecular weight is 295 g/mol. The van der Waals surface area contributed by atoms with E-state index in [2.05, 4.69) is 4.98 Å². The number of rotatable bonds is 4. The lowest BCUT2D eigenvalue weighted by Gasteiger charge is -2.28. The summed E-state index contributed by atoms with van der Waals surface area (Å²) in [7, 11) is 1.84. The number of hydrogen-bond acceptors (Lipinski definition) is 3. The molecule has 1 aromatic heterocycles. The Morgan fingerprint density at radius 3 is 2.75 bits per heavy atom. The quantitative estimate of drug-likeness (QED) is 0.936. The first-order valence-electron chi connectivity index (χ1n) is 6.27. The number of aromatic nitrogens is 1. The Balaban J connectivity index is 2.36. The Labute approximate surface area is 122 Å². The van der Waals surface area contributed by atoms with Gasteiger partial charge in [0.25, 0.3) is 0 Å². The summed E-state index contributed by atoms with van der Waals surface area (Å²) in [6, 6.07) is 8.78. The van der Waals surface area contributed by atoms with E-state index in [1.54, 1.807) is 0 Å². The lowest BCUT2D eigenvalue weighted by atomic mass is 10.1. The zero-order chi connectivity index (χ0) is 14.7. The molecular formula is C15H16ClFN2O. The van der Waals surface area contributed by atoms with Crippen LogP contribution in [0.25, 0.3) is 0 Å². The third kappa shape index (κ3) is 2.92. The van der Waals surface area contributed by atoms with E-state index in [9.17, 15) is 9.50 Å². The fraction of sp³-hybridized carbons (Fsp3) is 0.267. The highest BCUT2D eigenvalue weighted by Crippen LogP contribution is 2.30. The lowest BCUT2D eigenvalue weighted by Crippen LogP contribution is -2.24. The van der Waals surface area contributed by atoms with Gasteiger partial charge < -0.3 is 10.0 Å². The maximum absolute atomic E-state index is 13.2. The molecule has 1 unspecified atom stereocenters. The standard InChI is InChI=1S/C15H16ClFN2O/c1-10(13-5-3-4-6-14(13)16)19(2)15-11(9-20)7-12(17)8-18-15/h3-8,10,20H,9H2,1-2H3. The Morgan fingerprint density at radius 2 is 2.10 bits per heavy atom. The molecule has 2 rings (SSSR count). The van der Waals surface area contributed by atoms with Crippen molar-refractivity contribution in [2.75, 3.05) is 11.9 Å². The van der Waals surface area contributed by atoms with Crippen LogP contribution in [-0.4, -0.2) is 17.1 Å². The summed E-state index contributed by atoms with van der Waals surface area (Å²) >= 11 is 6.19. The minimum Gasteiger partial charge on any atom is -0.392 e.